The van der Waals surface area contributed by atoms with Gasteiger partial charge in [0.15, 0.2) is 0 Å². The topological polar surface area (TPSA) is 51.8 Å². The Labute approximate surface area is 124 Å². The molecule has 0 bridgehead atoms. The lowest BCUT2D eigenvalue weighted by Gasteiger charge is -2.10. The third-order valence-electron chi connectivity index (χ3n) is 3.51. The van der Waals surface area contributed by atoms with E-state index in [1.54, 1.807) is 6.07 Å². The molecule has 0 aliphatic carbocycles. The van der Waals surface area contributed by atoms with Crippen LogP contribution in [0.5, 0.6) is 0 Å². The molecule has 1 aromatic carbocycles. The first-order chi connectivity index (χ1) is 10.5. The van der Waals surface area contributed by atoms with Crippen LogP contribution < -0.4 is 5.73 Å². The van der Waals surface area contributed by atoms with Crippen LogP contribution in [0.15, 0.2) is 30.6 Å². The van der Waals surface area contributed by atoms with Gasteiger partial charge in [0, 0.05) is 28.8 Å². The fourth-order valence-corrected chi connectivity index (χ4v) is 2.41. The number of pyridine rings is 2. The smallest absolute Gasteiger partial charge is 0.142 e. The second-order valence-corrected chi connectivity index (χ2v) is 4.89. The molecule has 0 aliphatic rings. The summed E-state index contributed by atoms with van der Waals surface area (Å²) in [6.07, 6.45) is 2.95. The van der Waals surface area contributed by atoms with Crippen molar-refractivity contribution in [3.63, 3.8) is 0 Å². The normalized spacial score (nSPS) is 11.1. The second-order valence-electron chi connectivity index (χ2n) is 4.89. The van der Waals surface area contributed by atoms with Crippen LogP contribution in [0.2, 0.25) is 0 Å². The largest absolute Gasteiger partial charge is 0.383 e. The molecule has 0 atom stereocenters. The van der Waals surface area contributed by atoms with E-state index in [4.69, 9.17) is 5.73 Å². The Bertz CT molecular complexity index is 878. The van der Waals surface area contributed by atoms with E-state index in [-0.39, 0.29) is 16.5 Å². The van der Waals surface area contributed by atoms with E-state index in [1.165, 1.54) is 6.20 Å². The number of anilines is 1. The number of nitrogen functional groups attached to an aromatic ring is 1. The first-order valence-electron chi connectivity index (χ1n) is 6.69. The molecule has 3 aromatic rings. The van der Waals surface area contributed by atoms with E-state index < -0.39 is 17.5 Å². The Morgan fingerprint density at radius 2 is 1.77 bits per heavy atom. The molecule has 3 nitrogen and oxygen atoms in total. The number of hydrogen-bond donors (Lipinski definition) is 1. The van der Waals surface area contributed by atoms with Crippen molar-refractivity contribution in [1.29, 1.82) is 0 Å². The lowest BCUT2D eigenvalue weighted by Crippen LogP contribution is -1.99. The Hall–Kier alpha value is -2.63. The zero-order valence-corrected chi connectivity index (χ0v) is 11.7. The van der Waals surface area contributed by atoms with Crippen LogP contribution >= 0.6 is 0 Å². The Balaban J connectivity index is 2.35. The zero-order chi connectivity index (χ0) is 15.9. The highest BCUT2D eigenvalue weighted by Crippen LogP contribution is 2.33. The standard InChI is InChI=1S/C16H12F3N3/c1-2-8-3-9(6-22-16(8)20)14-13(19)5-12(18)11-4-10(17)7-21-15(11)14/h3-7H,2H2,1H3,(H2,20,22). The van der Waals surface area contributed by atoms with Gasteiger partial charge in [0.25, 0.3) is 0 Å². The molecule has 2 heterocycles. The fourth-order valence-electron chi connectivity index (χ4n) is 2.41. The van der Waals surface area contributed by atoms with Crippen molar-refractivity contribution in [1.82, 2.24) is 9.97 Å². The Morgan fingerprint density at radius 1 is 1.00 bits per heavy atom. The monoisotopic (exact) mass is 303 g/mol. The van der Waals surface area contributed by atoms with E-state index in [0.717, 1.165) is 23.9 Å². The SMILES string of the molecule is CCc1cc(-c2c(F)cc(F)c3cc(F)cnc23)cnc1N. The number of hydrogen-bond acceptors (Lipinski definition) is 3. The third-order valence-corrected chi connectivity index (χ3v) is 3.51. The maximum Gasteiger partial charge on any atom is 0.142 e. The minimum atomic E-state index is -0.859. The maximum absolute atomic E-state index is 14.3. The van der Waals surface area contributed by atoms with Gasteiger partial charge in [-0.05, 0) is 24.1 Å². The molecule has 0 saturated heterocycles. The summed E-state index contributed by atoms with van der Waals surface area (Å²) >= 11 is 0. The van der Waals surface area contributed by atoms with E-state index in [2.05, 4.69) is 9.97 Å². The number of nitrogens with zero attached hydrogens (tertiary/aromatic N) is 2. The van der Waals surface area contributed by atoms with Crippen molar-refractivity contribution in [2.24, 2.45) is 0 Å². The molecule has 0 unspecified atom stereocenters. The van der Waals surface area contributed by atoms with Gasteiger partial charge in [0.1, 0.15) is 23.3 Å². The second kappa shape index (κ2) is 5.29. The third kappa shape index (κ3) is 2.26. The first kappa shape index (κ1) is 14.3. The zero-order valence-electron chi connectivity index (χ0n) is 11.7. The van der Waals surface area contributed by atoms with Gasteiger partial charge in [-0.3, -0.25) is 4.98 Å². The minimum absolute atomic E-state index is 0.0486. The number of nitrogens with two attached hydrogens (primary N) is 1. The van der Waals surface area contributed by atoms with Gasteiger partial charge >= 0.3 is 0 Å². The number of fused-ring (bicyclic) bond motifs is 1. The molecule has 3 rings (SSSR count). The van der Waals surface area contributed by atoms with Crippen molar-refractivity contribution < 1.29 is 13.2 Å². The van der Waals surface area contributed by atoms with Gasteiger partial charge in [-0.25, -0.2) is 18.2 Å². The highest BCUT2D eigenvalue weighted by atomic mass is 19.1. The van der Waals surface area contributed by atoms with Crippen LogP contribution in [0.3, 0.4) is 0 Å². The van der Waals surface area contributed by atoms with Crippen LogP contribution in [0.1, 0.15) is 12.5 Å². The molecule has 0 saturated carbocycles. The van der Waals surface area contributed by atoms with Gasteiger partial charge in [-0.1, -0.05) is 6.92 Å². The van der Waals surface area contributed by atoms with Crippen LogP contribution in [0.4, 0.5) is 19.0 Å². The number of rotatable bonds is 2. The van der Waals surface area contributed by atoms with Crippen LogP contribution in [-0.2, 0) is 6.42 Å². The van der Waals surface area contributed by atoms with Crippen molar-refractivity contribution in [3.8, 4) is 11.1 Å². The van der Waals surface area contributed by atoms with Crippen LogP contribution in [0.25, 0.3) is 22.0 Å². The minimum Gasteiger partial charge on any atom is -0.383 e. The number of benzene rings is 1. The van der Waals surface area contributed by atoms with E-state index in [9.17, 15) is 13.2 Å². The molecule has 0 spiro atoms. The molecule has 22 heavy (non-hydrogen) atoms. The highest BCUT2D eigenvalue weighted by molar-refractivity contribution is 5.94. The lowest BCUT2D eigenvalue weighted by molar-refractivity contribution is 0.590. The van der Waals surface area contributed by atoms with E-state index in [1.807, 2.05) is 6.92 Å². The average molecular weight is 303 g/mol. The molecular formula is C16H12F3N3. The fraction of sp³-hybridized carbons (Fsp3) is 0.125. The predicted octanol–water partition coefficient (Wildman–Crippen LogP) is 3.86. The first-order valence-corrected chi connectivity index (χ1v) is 6.69. The highest BCUT2D eigenvalue weighted by Gasteiger charge is 2.17. The van der Waals surface area contributed by atoms with Crippen LogP contribution in [0, 0.1) is 17.5 Å². The molecule has 0 amide bonds. The van der Waals surface area contributed by atoms with Crippen LogP contribution in [-0.4, -0.2) is 9.97 Å². The number of aryl methyl sites for hydroxylation is 1. The van der Waals surface area contributed by atoms with Gasteiger partial charge in [-0.15, -0.1) is 0 Å². The summed E-state index contributed by atoms with van der Waals surface area (Å²) in [5, 5.41) is -0.0775. The Kier molecular flexibility index (Phi) is 3.44. The number of aromatic nitrogens is 2. The molecular weight excluding hydrogens is 291 g/mol. The van der Waals surface area contributed by atoms with Crippen molar-refractivity contribution in [3.05, 3.63) is 53.6 Å². The average Bonchev–Trinajstić information content (AvgIpc) is 2.49. The molecule has 6 heteroatoms. The van der Waals surface area contributed by atoms with Crippen molar-refractivity contribution in [2.45, 2.75) is 13.3 Å². The summed E-state index contributed by atoms with van der Waals surface area (Å²) in [5.41, 5.74) is 7.04. The van der Waals surface area contributed by atoms with Gasteiger partial charge < -0.3 is 5.73 Å². The maximum atomic E-state index is 14.3. The van der Waals surface area contributed by atoms with Crippen molar-refractivity contribution >= 4 is 16.7 Å². The summed E-state index contributed by atoms with van der Waals surface area (Å²) in [6.45, 7) is 1.89. The van der Waals surface area contributed by atoms with Gasteiger partial charge in [-0.2, -0.15) is 0 Å². The molecule has 0 fully saturated rings. The molecule has 112 valence electrons. The Morgan fingerprint density at radius 3 is 2.50 bits per heavy atom. The van der Waals surface area contributed by atoms with Gasteiger partial charge in [0.05, 0.1) is 11.7 Å². The molecule has 0 aliphatic heterocycles. The van der Waals surface area contributed by atoms with E-state index in [0.29, 0.717) is 17.8 Å². The predicted molar refractivity (Wildman–Crippen MR) is 78.6 cm³/mol. The molecule has 0 radical (unpaired) electrons. The van der Waals surface area contributed by atoms with Crippen molar-refractivity contribution in [2.75, 3.05) is 5.73 Å². The summed E-state index contributed by atoms with van der Waals surface area (Å²) in [7, 11) is 0. The lowest BCUT2D eigenvalue weighted by atomic mass is 10.00. The summed E-state index contributed by atoms with van der Waals surface area (Å²) in [6, 6.07) is 3.40. The van der Waals surface area contributed by atoms with E-state index >= 15 is 0 Å². The summed E-state index contributed by atoms with van der Waals surface area (Å²) in [5.74, 6) is -1.97. The van der Waals surface area contributed by atoms with Gasteiger partial charge in [0.2, 0.25) is 0 Å². The quantitative estimate of drug-likeness (QED) is 0.782. The molecule has 2 aromatic heterocycles. The number of halogens is 3. The summed E-state index contributed by atoms with van der Waals surface area (Å²) in [4.78, 5) is 7.87. The summed E-state index contributed by atoms with van der Waals surface area (Å²) < 4.78 is 41.4. The molecule has 2 N–H and O–H groups in total.